The Balaban J connectivity index is 2.31. The van der Waals surface area contributed by atoms with Crippen LogP contribution in [0.2, 0.25) is 0 Å². The first kappa shape index (κ1) is 21.8. The van der Waals surface area contributed by atoms with Crippen LogP contribution in [0.3, 0.4) is 0 Å². The van der Waals surface area contributed by atoms with E-state index in [9.17, 15) is 4.79 Å². The summed E-state index contributed by atoms with van der Waals surface area (Å²) in [6, 6.07) is 0. The Bertz CT molecular complexity index is 571. The van der Waals surface area contributed by atoms with Crippen molar-refractivity contribution in [1.29, 1.82) is 0 Å². The number of rotatable bonds is 8. The number of carbonyl (C=O) groups is 1. The third-order valence-corrected chi connectivity index (χ3v) is 3.47. The molecule has 0 saturated carbocycles. The highest BCUT2D eigenvalue weighted by atomic mass is 16.6. The van der Waals surface area contributed by atoms with Gasteiger partial charge in [-0.25, -0.2) is 4.79 Å². The molecule has 1 aromatic heterocycles. The molecule has 0 atom stereocenters. The number of aromatic nitrogens is 1. The smallest absolute Gasteiger partial charge is 0.407 e. The topological polar surface area (TPSA) is 101 Å². The van der Waals surface area contributed by atoms with Crippen molar-refractivity contribution in [2.45, 2.75) is 60.0 Å². The van der Waals surface area contributed by atoms with Crippen molar-refractivity contribution < 1.29 is 14.1 Å². The number of nitrogens with zero attached hydrogens (tertiary/aromatic N) is 2. The summed E-state index contributed by atoms with van der Waals surface area (Å²) in [5.41, 5.74) is 1.58. The Labute approximate surface area is 156 Å². The molecule has 0 aromatic carbocycles. The highest BCUT2D eigenvalue weighted by molar-refractivity contribution is 5.79. The number of alkyl carbamates (subject to hydrolysis) is 1. The van der Waals surface area contributed by atoms with Crippen molar-refractivity contribution in [2.75, 3.05) is 26.2 Å². The molecule has 0 fully saturated rings. The number of nitrogens with one attached hydrogen (secondary N) is 3. The van der Waals surface area contributed by atoms with Gasteiger partial charge in [-0.15, -0.1) is 0 Å². The molecule has 26 heavy (non-hydrogen) atoms. The first-order valence-electron chi connectivity index (χ1n) is 9.13. The molecule has 0 aliphatic rings. The van der Waals surface area contributed by atoms with Crippen LogP contribution >= 0.6 is 0 Å². The van der Waals surface area contributed by atoms with Gasteiger partial charge in [-0.05, 0) is 54.4 Å². The molecule has 3 N–H and O–H groups in total. The Morgan fingerprint density at radius 2 is 1.92 bits per heavy atom. The summed E-state index contributed by atoms with van der Waals surface area (Å²) in [6.07, 6.45) is 1.16. The van der Waals surface area contributed by atoms with Crippen molar-refractivity contribution in [3.8, 4) is 0 Å². The predicted molar refractivity (Wildman–Crippen MR) is 103 cm³/mol. The van der Waals surface area contributed by atoms with Crippen molar-refractivity contribution in [2.24, 2.45) is 4.99 Å². The monoisotopic (exact) mass is 367 g/mol. The molecular weight excluding hydrogens is 334 g/mol. The van der Waals surface area contributed by atoms with Gasteiger partial charge in [0, 0.05) is 31.7 Å². The first-order valence-corrected chi connectivity index (χ1v) is 9.13. The van der Waals surface area contributed by atoms with Crippen molar-refractivity contribution in [1.82, 2.24) is 21.1 Å². The summed E-state index contributed by atoms with van der Waals surface area (Å²) in [4.78, 5) is 16.1. The van der Waals surface area contributed by atoms with E-state index in [2.05, 4.69) is 26.1 Å². The lowest BCUT2D eigenvalue weighted by atomic mass is 10.1. The molecule has 1 heterocycles. The molecule has 0 aliphatic heterocycles. The second-order valence-corrected chi connectivity index (χ2v) is 7.02. The van der Waals surface area contributed by atoms with Crippen molar-refractivity contribution in [3.05, 3.63) is 17.0 Å². The maximum absolute atomic E-state index is 11.6. The predicted octanol–water partition coefficient (Wildman–Crippen LogP) is 2.30. The normalized spacial score (nSPS) is 12.0. The van der Waals surface area contributed by atoms with E-state index in [0.717, 1.165) is 48.9 Å². The van der Waals surface area contributed by atoms with Gasteiger partial charge in [0.2, 0.25) is 0 Å². The Hall–Kier alpha value is -2.25. The van der Waals surface area contributed by atoms with E-state index in [0.29, 0.717) is 13.1 Å². The van der Waals surface area contributed by atoms with E-state index in [1.807, 2.05) is 41.5 Å². The maximum atomic E-state index is 11.6. The van der Waals surface area contributed by atoms with E-state index in [1.165, 1.54) is 0 Å². The molecule has 0 aliphatic carbocycles. The summed E-state index contributed by atoms with van der Waals surface area (Å²) in [5, 5.41) is 13.2. The summed E-state index contributed by atoms with van der Waals surface area (Å²) in [5.74, 6) is 1.62. The van der Waals surface area contributed by atoms with Gasteiger partial charge in [-0.3, -0.25) is 4.99 Å². The SMILES string of the molecule is CCNC(=NCCCNC(=O)OC(C)(C)C)NCCc1c(C)noc1C. The average Bonchev–Trinajstić information content (AvgIpc) is 2.84. The van der Waals surface area contributed by atoms with Gasteiger partial charge < -0.3 is 25.2 Å². The van der Waals surface area contributed by atoms with E-state index in [-0.39, 0.29) is 0 Å². The lowest BCUT2D eigenvalue weighted by Crippen LogP contribution is -2.38. The van der Waals surface area contributed by atoms with Gasteiger partial charge in [0.25, 0.3) is 0 Å². The van der Waals surface area contributed by atoms with Gasteiger partial charge in [0.05, 0.1) is 5.69 Å². The summed E-state index contributed by atoms with van der Waals surface area (Å²) < 4.78 is 10.4. The Morgan fingerprint density at radius 3 is 2.50 bits per heavy atom. The highest BCUT2D eigenvalue weighted by Crippen LogP contribution is 2.12. The van der Waals surface area contributed by atoms with E-state index in [1.54, 1.807) is 0 Å². The number of hydrogen-bond acceptors (Lipinski definition) is 5. The van der Waals surface area contributed by atoms with Crippen LogP contribution in [0.1, 0.15) is 51.1 Å². The molecule has 0 radical (unpaired) electrons. The van der Waals surface area contributed by atoms with Gasteiger partial charge >= 0.3 is 6.09 Å². The van der Waals surface area contributed by atoms with Crippen LogP contribution < -0.4 is 16.0 Å². The molecule has 0 saturated heterocycles. The van der Waals surface area contributed by atoms with Crippen LogP contribution in [0, 0.1) is 13.8 Å². The number of amides is 1. The fraction of sp³-hybridized carbons (Fsp3) is 0.722. The molecule has 1 amide bonds. The van der Waals surface area contributed by atoms with Crippen LogP contribution in [0.4, 0.5) is 4.79 Å². The van der Waals surface area contributed by atoms with Crippen molar-refractivity contribution >= 4 is 12.1 Å². The van der Waals surface area contributed by atoms with Gasteiger partial charge in [0.1, 0.15) is 11.4 Å². The van der Waals surface area contributed by atoms with E-state index >= 15 is 0 Å². The number of aryl methyl sites for hydroxylation is 2. The van der Waals surface area contributed by atoms with E-state index < -0.39 is 11.7 Å². The number of guanidine groups is 1. The minimum atomic E-state index is -0.481. The first-order chi connectivity index (χ1) is 12.2. The maximum Gasteiger partial charge on any atom is 0.407 e. The summed E-state index contributed by atoms with van der Waals surface area (Å²) in [7, 11) is 0. The standard InChI is InChI=1S/C18H33N5O3/c1-7-19-16(21-12-9-15-13(2)23-26-14(15)3)20-10-8-11-22-17(24)25-18(4,5)6/h7-12H2,1-6H3,(H,22,24)(H2,19,20,21). The van der Waals surface area contributed by atoms with Gasteiger partial charge in [-0.2, -0.15) is 0 Å². The van der Waals surface area contributed by atoms with Crippen LogP contribution in [0.15, 0.2) is 9.52 Å². The fourth-order valence-electron chi connectivity index (χ4n) is 2.28. The molecule has 0 spiro atoms. The largest absolute Gasteiger partial charge is 0.444 e. The molecule has 0 unspecified atom stereocenters. The van der Waals surface area contributed by atoms with Crippen molar-refractivity contribution in [3.63, 3.8) is 0 Å². The van der Waals surface area contributed by atoms with E-state index in [4.69, 9.17) is 9.26 Å². The lowest BCUT2D eigenvalue weighted by molar-refractivity contribution is 0.0527. The van der Waals surface area contributed by atoms with Gasteiger partial charge in [-0.1, -0.05) is 5.16 Å². The van der Waals surface area contributed by atoms with Crippen LogP contribution in [0.25, 0.3) is 0 Å². The van der Waals surface area contributed by atoms with Crippen LogP contribution in [-0.4, -0.2) is 49.0 Å². The zero-order chi connectivity index (χ0) is 19.6. The zero-order valence-electron chi connectivity index (χ0n) is 16.9. The summed E-state index contributed by atoms with van der Waals surface area (Å²) >= 11 is 0. The van der Waals surface area contributed by atoms with Crippen LogP contribution in [-0.2, 0) is 11.2 Å². The fourth-order valence-corrected chi connectivity index (χ4v) is 2.28. The quantitative estimate of drug-likeness (QED) is 0.370. The molecule has 8 nitrogen and oxygen atoms in total. The molecule has 8 heteroatoms. The Kier molecular flexibility index (Phi) is 8.95. The third kappa shape index (κ3) is 8.73. The molecule has 0 bridgehead atoms. The summed E-state index contributed by atoms with van der Waals surface area (Å²) in [6.45, 7) is 14.1. The number of carbonyl (C=O) groups excluding carboxylic acids is 1. The molecule has 148 valence electrons. The minimum Gasteiger partial charge on any atom is -0.444 e. The number of ether oxygens (including phenoxy) is 1. The lowest BCUT2D eigenvalue weighted by Gasteiger charge is -2.19. The zero-order valence-corrected chi connectivity index (χ0v) is 16.9. The molecule has 1 aromatic rings. The second kappa shape index (κ2) is 10.7. The van der Waals surface area contributed by atoms with Crippen LogP contribution in [0.5, 0.6) is 0 Å². The average molecular weight is 367 g/mol. The molecule has 1 rings (SSSR count). The third-order valence-electron chi connectivity index (χ3n) is 3.47. The number of aliphatic imine (C=N–C) groups is 1. The molecular formula is C18H33N5O3. The highest BCUT2D eigenvalue weighted by Gasteiger charge is 2.15. The number of hydrogen-bond donors (Lipinski definition) is 3. The Morgan fingerprint density at radius 1 is 1.19 bits per heavy atom. The van der Waals surface area contributed by atoms with Gasteiger partial charge in [0.15, 0.2) is 5.96 Å². The minimum absolute atomic E-state index is 0.397. The second-order valence-electron chi connectivity index (χ2n) is 7.02.